The zero-order valence-corrected chi connectivity index (χ0v) is 56.1. The van der Waals surface area contributed by atoms with Crippen LogP contribution >= 0.6 is 0 Å². The van der Waals surface area contributed by atoms with E-state index in [4.69, 9.17) is 0 Å². The van der Waals surface area contributed by atoms with Gasteiger partial charge in [0.2, 0.25) is 0 Å². The van der Waals surface area contributed by atoms with E-state index in [-0.39, 0.29) is 28.4 Å². The Kier molecular flexibility index (Phi) is 13.2. The Morgan fingerprint density at radius 3 is 1.65 bits per heavy atom. The average molecular weight is 1180 g/mol. The van der Waals surface area contributed by atoms with E-state index in [1.54, 1.807) is 0 Å². The molecule has 0 saturated carbocycles. The molecule has 11 aromatic carbocycles. The summed E-state index contributed by atoms with van der Waals surface area (Å²) in [6.45, 7) is 37.3. The van der Waals surface area contributed by atoms with Gasteiger partial charge in [0, 0.05) is 67.4 Å². The van der Waals surface area contributed by atoms with Crippen molar-refractivity contribution in [3.8, 4) is 27.9 Å². The summed E-state index contributed by atoms with van der Waals surface area (Å²) in [5, 5.41) is 2.47. The van der Waals surface area contributed by atoms with Crippen molar-refractivity contribution < 1.29 is 0 Å². The SMILES string of the molecule is Cc1cc2c3c(c1)N(c1ccc(C(C)(C)C)cc1)c1cc(N(c4ccc5c6ccccc6n(-c6ccccc6)c5c4)c4c(C)cc(C(C)(C)C)cc4C)ccc1B3c1cc(C(C)(C)C)ccc1N2c1cc(C)c(-c2ccc3c(c2)C(C)(C)c2ccccc2-3)c(C)c1. The predicted octanol–water partition coefficient (Wildman–Crippen LogP) is 21.7. The predicted molar refractivity (Wildman–Crippen MR) is 392 cm³/mol. The highest BCUT2D eigenvalue weighted by atomic mass is 15.2. The molecule has 0 atom stereocenters. The Bertz CT molecular complexity index is 4930. The molecular weight excluding hydrogens is 1100 g/mol. The number of hydrogen-bond acceptors (Lipinski definition) is 3. The van der Waals surface area contributed by atoms with Crippen molar-refractivity contribution in [1.82, 2.24) is 4.57 Å². The second-order valence-electron chi connectivity index (χ2n) is 30.2. The minimum absolute atomic E-state index is 0.0189. The molecule has 15 rings (SSSR count). The van der Waals surface area contributed by atoms with Crippen LogP contribution in [0.5, 0.6) is 0 Å². The van der Waals surface area contributed by atoms with E-state index in [1.165, 1.54) is 150 Å². The number of aromatic nitrogens is 1. The van der Waals surface area contributed by atoms with Gasteiger partial charge in [0.05, 0.1) is 16.7 Å². The van der Waals surface area contributed by atoms with Gasteiger partial charge in [0.1, 0.15) is 0 Å². The summed E-state index contributed by atoms with van der Waals surface area (Å²) in [4.78, 5) is 7.78. The molecule has 2 aliphatic heterocycles. The van der Waals surface area contributed by atoms with E-state index in [0.717, 1.165) is 22.7 Å². The molecule has 3 heterocycles. The number of benzene rings is 11. The van der Waals surface area contributed by atoms with Crippen molar-refractivity contribution in [2.45, 2.75) is 132 Å². The van der Waals surface area contributed by atoms with Crippen LogP contribution < -0.4 is 31.1 Å². The first kappa shape index (κ1) is 58.1. The number of aryl methyl sites for hydroxylation is 5. The van der Waals surface area contributed by atoms with Gasteiger partial charge in [0.25, 0.3) is 6.71 Å². The molecule has 12 aromatic rings. The van der Waals surface area contributed by atoms with Crippen LogP contribution in [0.15, 0.2) is 212 Å². The summed E-state index contributed by atoms with van der Waals surface area (Å²) in [6.07, 6.45) is 0. The maximum Gasteiger partial charge on any atom is 0.252 e. The van der Waals surface area contributed by atoms with Gasteiger partial charge in [-0.25, -0.2) is 0 Å². The van der Waals surface area contributed by atoms with Crippen molar-refractivity contribution in [3.63, 3.8) is 0 Å². The summed E-state index contributed by atoms with van der Waals surface area (Å²) >= 11 is 0. The fraction of sp³-hybridized carbons (Fsp3) is 0.233. The van der Waals surface area contributed by atoms with Crippen LogP contribution in [0.2, 0.25) is 0 Å². The number of anilines is 9. The number of para-hydroxylation sites is 2. The molecule has 4 nitrogen and oxygen atoms in total. The minimum Gasteiger partial charge on any atom is -0.311 e. The van der Waals surface area contributed by atoms with Crippen LogP contribution in [-0.2, 0) is 21.7 Å². The largest absolute Gasteiger partial charge is 0.311 e. The third kappa shape index (κ3) is 9.23. The molecule has 0 unspecified atom stereocenters. The van der Waals surface area contributed by atoms with Crippen LogP contribution in [0.3, 0.4) is 0 Å². The highest BCUT2D eigenvalue weighted by Gasteiger charge is 2.45. The van der Waals surface area contributed by atoms with Crippen molar-refractivity contribution in [2.24, 2.45) is 0 Å². The zero-order chi connectivity index (χ0) is 63.5. The van der Waals surface area contributed by atoms with Gasteiger partial charge >= 0.3 is 0 Å². The van der Waals surface area contributed by atoms with E-state index < -0.39 is 0 Å². The van der Waals surface area contributed by atoms with Crippen LogP contribution in [-0.4, -0.2) is 11.3 Å². The fourth-order valence-corrected chi connectivity index (χ4v) is 15.9. The van der Waals surface area contributed by atoms with Gasteiger partial charge in [0.15, 0.2) is 0 Å². The Hall–Kier alpha value is -9.32. The molecule has 1 aliphatic carbocycles. The molecule has 0 bridgehead atoms. The summed E-state index contributed by atoms with van der Waals surface area (Å²) in [5.74, 6) is 0. The molecule has 3 aliphatic rings. The second-order valence-corrected chi connectivity index (χ2v) is 30.2. The molecule has 0 radical (unpaired) electrons. The normalized spacial score (nSPS) is 14.0. The lowest BCUT2D eigenvalue weighted by Gasteiger charge is -2.45. The Morgan fingerprint density at radius 2 is 0.967 bits per heavy atom. The smallest absolute Gasteiger partial charge is 0.252 e. The Balaban J connectivity index is 0.964. The van der Waals surface area contributed by atoms with Crippen LogP contribution in [0.4, 0.5) is 51.2 Å². The summed E-state index contributed by atoms with van der Waals surface area (Å²) in [5.41, 5.74) is 36.0. The zero-order valence-electron chi connectivity index (χ0n) is 56.1. The molecule has 91 heavy (non-hydrogen) atoms. The summed E-state index contributed by atoms with van der Waals surface area (Å²) in [6, 6.07) is 82.0. The molecule has 0 N–H and O–H groups in total. The maximum absolute atomic E-state index is 2.61. The van der Waals surface area contributed by atoms with Gasteiger partial charge in [-0.15, -0.1) is 0 Å². The first-order chi connectivity index (χ1) is 43.3. The van der Waals surface area contributed by atoms with Crippen LogP contribution in [0.1, 0.15) is 132 Å². The molecule has 450 valence electrons. The van der Waals surface area contributed by atoms with E-state index in [0.29, 0.717) is 0 Å². The van der Waals surface area contributed by atoms with Crippen molar-refractivity contribution in [3.05, 3.63) is 268 Å². The van der Waals surface area contributed by atoms with Crippen molar-refractivity contribution >= 4 is 96.1 Å². The van der Waals surface area contributed by atoms with Gasteiger partial charge < -0.3 is 19.3 Å². The minimum atomic E-state index is -0.0921. The molecule has 0 amide bonds. The van der Waals surface area contributed by atoms with Gasteiger partial charge in [-0.05, 0) is 236 Å². The monoisotopic (exact) mass is 1180 g/mol. The quantitative estimate of drug-likeness (QED) is 0.148. The highest BCUT2D eigenvalue weighted by Crippen LogP contribution is 2.53. The summed E-state index contributed by atoms with van der Waals surface area (Å²) in [7, 11) is 0. The molecule has 0 spiro atoms. The molecule has 0 saturated heterocycles. The number of nitrogens with zero attached hydrogens (tertiary/aromatic N) is 4. The maximum atomic E-state index is 2.61. The van der Waals surface area contributed by atoms with Crippen molar-refractivity contribution in [2.75, 3.05) is 14.7 Å². The average Bonchev–Trinajstić information content (AvgIpc) is 0.904. The Labute approximate surface area is 540 Å². The second kappa shape index (κ2) is 20.6. The van der Waals surface area contributed by atoms with Crippen LogP contribution in [0.25, 0.3) is 49.7 Å². The third-order valence-corrected chi connectivity index (χ3v) is 20.5. The van der Waals surface area contributed by atoms with Gasteiger partial charge in [-0.3, -0.25) is 0 Å². The standard InChI is InChI=1S/C86H83BN4/c1-52-42-78-81-79(43-52)91(65-46-53(2)80(54(3)47-65)57-30-38-67-66-26-20-22-28-70(66)86(15,16)71(67)48-57)75-41-33-59(84(9,10)11)49-73(75)87(81)72-40-37-64(51-77(72)90(78)62-34-31-58(32-35-62)83(6,7)8)88(82-55(4)44-60(45-56(82)5)85(12,13)14)63-36-39-69-68-27-21-23-29-74(68)89(76(69)50-63)61-24-18-17-19-25-61/h17-51H,1-16H3. The molecule has 5 heteroatoms. The first-order valence-corrected chi connectivity index (χ1v) is 32.9. The van der Waals surface area contributed by atoms with E-state index in [2.05, 4.69) is 342 Å². The van der Waals surface area contributed by atoms with Gasteiger partial charge in [-0.1, -0.05) is 197 Å². The highest BCUT2D eigenvalue weighted by molar-refractivity contribution is 7.00. The lowest BCUT2D eigenvalue weighted by atomic mass is 9.33. The first-order valence-electron chi connectivity index (χ1n) is 32.9. The summed E-state index contributed by atoms with van der Waals surface area (Å²) < 4.78 is 2.45. The van der Waals surface area contributed by atoms with Gasteiger partial charge in [-0.2, -0.15) is 0 Å². The molecule has 0 fully saturated rings. The lowest BCUT2D eigenvalue weighted by molar-refractivity contribution is 0.589. The van der Waals surface area contributed by atoms with E-state index >= 15 is 0 Å². The van der Waals surface area contributed by atoms with E-state index in [1.807, 2.05) is 0 Å². The number of rotatable bonds is 7. The Morgan fingerprint density at radius 1 is 0.385 bits per heavy atom. The fourth-order valence-electron chi connectivity index (χ4n) is 15.9. The number of hydrogen-bond donors (Lipinski definition) is 0. The van der Waals surface area contributed by atoms with E-state index in [9.17, 15) is 0 Å². The third-order valence-electron chi connectivity index (χ3n) is 20.5. The van der Waals surface area contributed by atoms with Crippen molar-refractivity contribution in [1.29, 1.82) is 0 Å². The van der Waals surface area contributed by atoms with Crippen LogP contribution in [0, 0.1) is 34.6 Å². The molecular formula is C86H83BN4. The topological polar surface area (TPSA) is 14.7 Å². The molecule has 1 aromatic heterocycles. The lowest BCUT2D eigenvalue weighted by Crippen LogP contribution is -2.61. The number of fused-ring (bicyclic) bond motifs is 10.